The van der Waals surface area contributed by atoms with Crippen molar-refractivity contribution in [3.05, 3.63) is 95.3 Å². The fourth-order valence-corrected chi connectivity index (χ4v) is 3.93. The summed E-state index contributed by atoms with van der Waals surface area (Å²) >= 11 is 0. The molecule has 4 rings (SSSR count). The first-order valence-corrected chi connectivity index (χ1v) is 10.3. The molecule has 0 aliphatic carbocycles. The summed E-state index contributed by atoms with van der Waals surface area (Å²) in [7, 11) is 0. The second-order valence-corrected chi connectivity index (χ2v) is 7.83. The van der Waals surface area contributed by atoms with Gasteiger partial charge >= 0.3 is 0 Å². The molecule has 1 amide bonds. The maximum absolute atomic E-state index is 13.8. The Balaban J connectivity index is 1.33. The van der Waals surface area contributed by atoms with Crippen molar-refractivity contribution in [2.45, 2.75) is 25.4 Å². The van der Waals surface area contributed by atoms with Crippen LogP contribution in [0.4, 0.5) is 13.2 Å². The highest BCUT2D eigenvalue weighted by Crippen LogP contribution is 2.24. The van der Waals surface area contributed by atoms with Crippen molar-refractivity contribution in [2.24, 2.45) is 0 Å². The van der Waals surface area contributed by atoms with Crippen molar-refractivity contribution in [1.82, 2.24) is 10.2 Å². The normalized spacial score (nSPS) is 15.1. The molecule has 3 aromatic carbocycles. The van der Waals surface area contributed by atoms with E-state index >= 15 is 0 Å². The first kappa shape index (κ1) is 21.1. The predicted molar refractivity (Wildman–Crippen MR) is 114 cm³/mol. The molecule has 1 aliphatic heterocycles. The Labute approximate surface area is 179 Å². The Morgan fingerprint density at radius 2 is 1.58 bits per heavy atom. The number of likely N-dealkylation sites (tertiary alicyclic amines) is 1. The number of carbonyl (C=O) groups excluding carboxylic acids is 1. The van der Waals surface area contributed by atoms with Crippen molar-refractivity contribution in [1.29, 1.82) is 0 Å². The Morgan fingerprint density at radius 3 is 2.32 bits per heavy atom. The van der Waals surface area contributed by atoms with Crippen molar-refractivity contribution in [3.63, 3.8) is 0 Å². The number of carbonyl (C=O) groups is 1. The van der Waals surface area contributed by atoms with Crippen LogP contribution in [-0.2, 0) is 6.54 Å². The highest BCUT2D eigenvalue weighted by atomic mass is 19.2. The van der Waals surface area contributed by atoms with Gasteiger partial charge in [-0.3, -0.25) is 9.69 Å². The number of nitrogens with one attached hydrogen (secondary N) is 1. The lowest BCUT2D eigenvalue weighted by Gasteiger charge is -2.32. The summed E-state index contributed by atoms with van der Waals surface area (Å²) in [6.07, 6.45) is 1.56. The van der Waals surface area contributed by atoms with Gasteiger partial charge in [0, 0.05) is 25.7 Å². The third kappa shape index (κ3) is 5.14. The van der Waals surface area contributed by atoms with Gasteiger partial charge in [0.2, 0.25) is 0 Å². The van der Waals surface area contributed by atoms with Gasteiger partial charge in [0.1, 0.15) is 5.82 Å². The number of nitrogens with zero attached hydrogens (tertiary/aromatic N) is 1. The molecule has 31 heavy (non-hydrogen) atoms. The monoisotopic (exact) mass is 424 g/mol. The maximum atomic E-state index is 13.8. The Morgan fingerprint density at radius 1 is 0.839 bits per heavy atom. The van der Waals surface area contributed by atoms with Crippen LogP contribution >= 0.6 is 0 Å². The molecule has 0 atom stereocenters. The van der Waals surface area contributed by atoms with Gasteiger partial charge in [-0.1, -0.05) is 36.4 Å². The molecule has 1 aliphatic rings. The molecule has 1 saturated heterocycles. The van der Waals surface area contributed by atoms with Crippen LogP contribution in [0.25, 0.3) is 11.1 Å². The van der Waals surface area contributed by atoms with Crippen LogP contribution in [0, 0.1) is 17.5 Å². The van der Waals surface area contributed by atoms with Crippen LogP contribution in [-0.4, -0.2) is 29.9 Å². The van der Waals surface area contributed by atoms with Gasteiger partial charge in [0.15, 0.2) is 11.6 Å². The van der Waals surface area contributed by atoms with E-state index in [1.807, 2.05) is 24.3 Å². The Kier molecular flexibility index (Phi) is 6.37. The predicted octanol–water partition coefficient (Wildman–Crippen LogP) is 5.17. The van der Waals surface area contributed by atoms with E-state index in [2.05, 4.69) is 10.2 Å². The highest BCUT2D eigenvalue weighted by molar-refractivity contribution is 5.94. The van der Waals surface area contributed by atoms with Gasteiger partial charge in [-0.2, -0.15) is 0 Å². The van der Waals surface area contributed by atoms with E-state index in [0.29, 0.717) is 5.56 Å². The topological polar surface area (TPSA) is 32.3 Å². The number of benzene rings is 3. The second-order valence-electron chi connectivity index (χ2n) is 7.83. The SMILES string of the molecule is O=C(NC1CCN(Cc2cccc(-c3ccc(F)c(F)c3)c2)CC1)c1ccccc1F. The first-order chi connectivity index (χ1) is 15.0. The summed E-state index contributed by atoms with van der Waals surface area (Å²) < 4.78 is 40.6. The van der Waals surface area contributed by atoms with Gasteiger partial charge in [0.25, 0.3) is 5.91 Å². The lowest BCUT2D eigenvalue weighted by Crippen LogP contribution is -2.44. The van der Waals surface area contributed by atoms with Crippen molar-refractivity contribution in [2.75, 3.05) is 13.1 Å². The summed E-state index contributed by atoms with van der Waals surface area (Å²) in [4.78, 5) is 14.6. The van der Waals surface area contributed by atoms with Crippen LogP contribution in [0.1, 0.15) is 28.8 Å². The molecule has 3 aromatic rings. The summed E-state index contributed by atoms with van der Waals surface area (Å²) in [6, 6.07) is 17.7. The summed E-state index contributed by atoms with van der Waals surface area (Å²) in [6.45, 7) is 2.33. The van der Waals surface area contributed by atoms with Crippen LogP contribution in [0.5, 0.6) is 0 Å². The molecule has 6 heteroatoms. The molecule has 1 N–H and O–H groups in total. The van der Waals surface area contributed by atoms with Crippen molar-refractivity contribution in [3.8, 4) is 11.1 Å². The van der Waals surface area contributed by atoms with Crippen molar-refractivity contribution < 1.29 is 18.0 Å². The van der Waals surface area contributed by atoms with Crippen LogP contribution in [0.2, 0.25) is 0 Å². The third-order valence-electron chi connectivity index (χ3n) is 5.63. The molecule has 160 valence electrons. The van der Waals surface area contributed by atoms with Gasteiger partial charge in [0.05, 0.1) is 5.56 Å². The smallest absolute Gasteiger partial charge is 0.254 e. The van der Waals surface area contributed by atoms with Gasteiger partial charge in [-0.25, -0.2) is 13.2 Å². The molecule has 0 aromatic heterocycles. The first-order valence-electron chi connectivity index (χ1n) is 10.3. The minimum atomic E-state index is -0.859. The molecule has 0 unspecified atom stereocenters. The van der Waals surface area contributed by atoms with E-state index < -0.39 is 17.5 Å². The maximum Gasteiger partial charge on any atom is 0.254 e. The highest BCUT2D eigenvalue weighted by Gasteiger charge is 2.22. The summed E-state index contributed by atoms with van der Waals surface area (Å²) in [5, 5.41) is 2.93. The number of hydrogen-bond acceptors (Lipinski definition) is 2. The molecule has 1 fully saturated rings. The van der Waals surface area contributed by atoms with Crippen LogP contribution < -0.4 is 5.32 Å². The average molecular weight is 424 g/mol. The third-order valence-corrected chi connectivity index (χ3v) is 5.63. The quantitative estimate of drug-likeness (QED) is 0.613. The van der Waals surface area contributed by atoms with Crippen molar-refractivity contribution >= 4 is 5.91 Å². The molecule has 0 saturated carbocycles. The number of halogens is 3. The van der Waals surface area contributed by atoms with Gasteiger partial charge in [-0.05, 0) is 59.9 Å². The van der Waals surface area contributed by atoms with E-state index in [1.54, 1.807) is 18.2 Å². The zero-order valence-corrected chi connectivity index (χ0v) is 17.0. The second kappa shape index (κ2) is 9.35. The standard InChI is InChI=1S/C25H23F3N2O/c26-22-7-2-1-6-21(22)25(31)29-20-10-12-30(13-11-20)16-17-4-3-5-18(14-17)19-8-9-23(27)24(28)15-19/h1-9,14-15,20H,10-13,16H2,(H,29,31). The van der Waals surface area contributed by atoms with E-state index in [9.17, 15) is 18.0 Å². The molecule has 3 nitrogen and oxygen atoms in total. The molecule has 0 spiro atoms. The number of piperidine rings is 1. The minimum absolute atomic E-state index is 0.0110. The fraction of sp³-hybridized carbons (Fsp3) is 0.240. The number of rotatable bonds is 5. The van der Waals surface area contributed by atoms with E-state index in [-0.39, 0.29) is 17.5 Å². The zero-order chi connectivity index (χ0) is 21.8. The van der Waals surface area contributed by atoms with Crippen LogP contribution in [0.3, 0.4) is 0 Å². The lowest BCUT2D eigenvalue weighted by atomic mass is 10.0. The number of hydrogen-bond donors (Lipinski definition) is 1. The molecule has 1 heterocycles. The molecule has 0 radical (unpaired) electrons. The lowest BCUT2D eigenvalue weighted by molar-refractivity contribution is 0.0905. The van der Waals surface area contributed by atoms with E-state index in [1.165, 1.54) is 18.2 Å². The largest absolute Gasteiger partial charge is 0.349 e. The van der Waals surface area contributed by atoms with Crippen LogP contribution in [0.15, 0.2) is 66.7 Å². The molecular weight excluding hydrogens is 401 g/mol. The number of amides is 1. The average Bonchev–Trinajstić information content (AvgIpc) is 2.77. The minimum Gasteiger partial charge on any atom is -0.349 e. The summed E-state index contributed by atoms with van der Waals surface area (Å²) in [5.41, 5.74) is 2.62. The van der Waals surface area contributed by atoms with Gasteiger partial charge < -0.3 is 5.32 Å². The Hall–Kier alpha value is -3.12. The molecule has 0 bridgehead atoms. The fourth-order valence-electron chi connectivity index (χ4n) is 3.93. The van der Waals surface area contributed by atoms with E-state index in [0.717, 1.165) is 49.7 Å². The Bertz CT molecular complexity index is 1080. The molecular formula is C25H23F3N2O. The van der Waals surface area contributed by atoms with Gasteiger partial charge in [-0.15, -0.1) is 0 Å². The van der Waals surface area contributed by atoms with E-state index in [4.69, 9.17) is 0 Å². The summed E-state index contributed by atoms with van der Waals surface area (Å²) in [5.74, 6) is -2.61. The zero-order valence-electron chi connectivity index (χ0n) is 17.0.